The van der Waals surface area contributed by atoms with Crippen LogP contribution in [0.4, 0.5) is 4.79 Å². The summed E-state index contributed by atoms with van der Waals surface area (Å²) in [4.78, 5) is 23.9. The van der Waals surface area contributed by atoms with E-state index in [0.29, 0.717) is 19.7 Å². The number of ether oxygens (including phenoxy) is 1. The van der Waals surface area contributed by atoms with E-state index in [9.17, 15) is 4.79 Å². The van der Waals surface area contributed by atoms with Gasteiger partial charge in [-0.1, -0.05) is 20.8 Å². The molecule has 38 heavy (non-hydrogen) atoms. The number of likely N-dealkylation sites (tertiary alicyclic amines) is 1. The molecule has 9 heteroatoms. The predicted octanol–water partition coefficient (Wildman–Crippen LogP) is 6.74. The summed E-state index contributed by atoms with van der Waals surface area (Å²) in [7, 11) is -1.89. The van der Waals surface area contributed by atoms with Crippen LogP contribution in [-0.4, -0.2) is 57.6 Å². The van der Waals surface area contributed by atoms with E-state index in [-0.39, 0.29) is 17.0 Å². The van der Waals surface area contributed by atoms with Crippen LogP contribution in [0.15, 0.2) is 30.6 Å². The highest BCUT2D eigenvalue weighted by molar-refractivity contribution is 6.74. The predicted molar refractivity (Wildman–Crippen MR) is 153 cm³/mol. The molecule has 0 N–H and O–H groups in total. The van der Waals surface area contributed by atoms with E-state index in [4.69, 9.17) is 19.2 Å². The van der Waals surface area contributed by atoms with Crippen LogP contribution in [0.1, 0.15) is 77.4 Å². The molecular weight excluding hydrogens is 494 g/mol. The molecule has 8 nitrogen and oxygen atoms in total. The monoisotopic (exact) mass is 537 g/mol. The highest BCUT2D eigenvalue weighted by atomic mass is 28.4. The Bertz CT molecular complexity index is 1310. The lowest BCUT2D eigenvalue weighted by atomic mass is 9.94. The summed E-state index contributed by atoms with van der Waals surface area (Å²) < 4.78 is 14.0. The van der Waals surface area contributed by atoms with Gasteiger partial charge in [-0.3, -0.25) is 4.98 Å². The normalized spacial score (nSPS) is 17.2. The molecule has 1 fully saturated rings. The van der Waals surface area contributed by atoms with Gasteiger partial charge in [0.05, 0.1) is 23.7 Å². The first-order chi connectivity index (χ1) is 17.7. The Kier molecular flexibility index (Phi) is 7.73. The van der Waals surface area contributed by atoms with Crippen LogP contribution in [0.5, 0.6) is 0 Å². The van der Waals surface area contributed by atoms with E-state index in [1.165, 1.54) is 0 Å². The first-order valence-corrected chi connectivity index (χ1v) is 16.5. The van der Waals surface area contributed by atoms with Crippen molar-refractivity contribution in [2.75, 3.05) is 13.1 Å². The lowest BCUT2D eigenvalue weighted by Crippen LogP contribution is -2.42. The van der Waals surface area contributed by atoms with Crippen LogP contribution in [0.2, 0.25) is 18.1 Å². The Balaban J connectivity index is 1.61. The third kappa shape index (κ3) is 6.09. The minimum Gasteiger partial charge on any atom is -0.444 e. The smallest absolute Gasteiger partial charge is 0.410 e. The molecule has 1 atom stereocenters. The molecule has 0 saturated carbocycles. The highest BCUT2D eigenvalue weighted by Gasteiger charge is 2.37. The maximum Gasteiger partial charge on any atom is 0.410 e. The Morgan fingerprint density at radius 2 is 1.82 bits per heavy atom. The van der Waals surface area contributed by atoms with Crippen molar-refractivity contribution in [2.45, 2.75) is 97.6 Å². The molecule has 4 rings (SSSR count). The topological polar surface area (TPSA) is 81.9 Å². The van der Waals surface area contributed by atoms with Gasteiger partial charge in [0, 0.05) is 37.0 Å². The maximum atomic E-state index is 12.8. The Hall–Kier alpha value is -2.78. The average molecular weight is 538 g/mol. The molecule has 1 aliphatic rings. The van der Waals surface area contributed by atoms with Crippen LogP contribution in [-0.2, 0) is 15.8 Å². The fourth-order valence-electron chi connectivity index (χ4n) is 4.61. The van der Waals surface area contributed by atoms with Gasteiger partial charge in [0.1, 0.15) is 5.60 Å². The first-order valence-electron chi connectivity index (χ1n) is 13.6. The molecule has 1 amide bonds. The molecule has 0 spiro atoms. The summed E-state index contributed by atoms with van der Waals surface area (Å²) in [5.41, 5.74) is 5.22. The van der Waals surface area contributed by atoms with Gasteiger partial charge in [0.15, 0.2) is 14.0 Å². The Morgan fingerprint density at radius 3 is 2.50 bits per heavy atom. The minimum atomic E-state index is -1.89. The number of hydrogen-bond donors (Lipinski definition) is 0. The van der Waals surface area contributed by atoms with Crippen molar-refractivity contribution in [1.29, 1.82) is 0 Å². The number of nitrogens with zero attached hydrogens (tertiary/aromatic N) is 5. The maximum absolute atomic E-state index is 12.8. The average Bonchev–Trinajstić information content (AvgIpc) is 3.17. The fourth-order valence-corrected chi connectivity index (χ4v) is 5.55. The zero-order valence-electron chi connectivity index (χ0n) is 24.5. The lowest BCUT2D eigenvalue weighted by molar-refractivity contribution is 0.0196. The van der Waals surface area contributed by atoms with Crippen molar-refractivity contribution in [3.05, 3.63) is 47.7 Å². The van der Waals surface area contributed by atoms with Gasteiger partial charge in [-0.2, -0.15) is 5.10 Å². The molecule has 0 bridgehead atoms. The number of rotatable bonds is 5. The summed E-state index contributed by atoms with van der Waals surface area (Å²) in [6.07, 6.45) is 5.34. The molecule has 3 aromatic heterocycles. The number of piperidine rings is 1. The number of carbonyl (C=O) groups is 1. The largest absolute Gasteiger partial charge is 0.444 e. The number of hydrogen-bond acceptors (Lipinski definition) is 6. The molecule has 1 saturated heterocycles. The molecule has 3 aromatic rings. The molecule has 0 aromatic carbocycles. The van der Waals surface area contributed by atoms with Crippen molar-refractivity contribution < 1.29 is 14.0 Å². The standard InChI is InChI=1S/C29H43N5O3Si/c1-20-25(21-12-14-30-23(17-21)19-36-38(8,9)29(5,6)7)26-31-15-13-24(34(26)32-20)22-11-10-16-33(18-22)27(35)37-28(2,3)4/h12-15,17,22H,10-11,16,18-19H2,1-9H3. The van der Waals surface area contributed by atoms with E-state index in [1.54, 1.807) is 0 Å². The Morgan fingerprint density at radius 1 is 1.11 bits per heavy atom. The quantitative estimate of drug-likeness (QED) is 0.335. The van der Waals surface area contributed by atoms with Crippen molar-refractivity contribution in [1.82, 2.24) is 24.5 Å². The number of amides is 1. The van der Waals surface area contributed by atoms with Crippen molar-refractivity contribution >= 4 is 20.1 Å². The van der Waals surface area contributed by atoms with Gasteiger partial charge >= 0.3 is 6.09 Å². The van der Waals surface area contributed by atoms with E-state index < -0.39 is 13.9 Å². The summed E-state index contributed by atoms with van der Waals surface area (Å²) in [6.45, 7) is 20.8. The van der Waals surface area contributed by atoms with Crippen molar-refractivity contribution in [3.8, 4) is 11.1 Å². The summed E-state index contributed by atoms with van der Waals surface area (Å²) in [5.74, 6) is 0.153. The second-order valence-corrected chi connectivity index (χ2v) is 17.7. The van der Waals surface area contributed by atoms with E-state index in [2.05, 4.69) is 44.9 Å². The van der Waals surface area contributed by atoms with Gasteiger partial charge < -0.3 is 14.1 Å². The summed E-state index contributed by atoms with van der Waals surface area (Å²) >= 11 is 0. The molecule has 1 unspecified atom stereocenters. The second kappa shape index (κ2) is 10.4. The third-order valence-electron chi connectivity index (χ3n) is 7.71. The van der Waals surface area contributed by atoms with Crippen LogP contribution >= 0.6 is 0 Å². The molecule has 0 radical (unpaired) electrons. The zero-order chi connectivity index (χ0) is 27.9. The molecule has 206 valence electrons. The number of aromatic nitrogens is 4. The molecule has 0 aliphatic carbocycles. The lowest BCUT2D eigenvalue weighted by Gasteiger charge is -2.36. The Labute approximate surface area is 227 Å². The van der Waals surface area contributed by atoms with Gasteiger partial charge in [-0.05, 0) is 82.4 Å². The second-order valence-electron chi connectivity index (χ2n) is 12.9. The number of carbonyl (C=O) groups excluding carboxylic acids is 1. The SMILES string of the molecule is Cc1nn2c(C3CCCN(C(=O)OC(C)(C)C)C3)ccnc2c1-c1ccnc(CO[Si](C)(C)C(C)(C)C)c1. The van der Waals surface area contributed by atoms with Crippen LogP contribution in [0, 0.1) is 6.92 Å². The molecule has 1 aliphatic heterocycles. The van der Waals surface area contributed by atoms with Crippen LogP contribution in [0.25, 0.3) is 16.8 Å². The van der Waals surface area contributed by atoms with Crippen LogP contribution in [0.3, 0.4) is 0 Å². The minimum absolute atomic E-state index is 0.141. The summed E-state index contributed by atoms with van der Waals surface area (Å²) in [6, 6.07) is 6.13. The number of aryl methyl sites for hydroxylation is 1. The van der Waals surface area contributed by atoms with E-state index in [1.807, 2.05) is 61.6 Å². The van der Waals surface area contributed by atoms with Crippen molar-refractivity contribution in [3.63, 3.8) is 0 Å². The van der Waals surface area contributed by atoms with Gasteiger partial charge in [-0.15, -0.1) is 0 Å². The van der Waals surface area contributed by atoms with E-state index in [0.717, 1.165) is 46.7 Å². The summed E-state index contributed by atoms with van der Waals surface area (Å²) in [5, 5.41) is 5.06. The highest BCUT2D eigenvalue weighted by Crippen LogP contribution is 2.37. The van der Waals surface area contributed by atoms with E-state index >= 15 is 0 Å². The van der Waals surface area contributed by atoms with Gasteiger partial charge in [0.2, 0.25) is 0 Å². The number of fused-ring (bicyclic) bond motifs is 1. The third-order valence-corrected chi connectivity index (χ3v) is 12.2. The van der Waals surface area contributed by atoms with Crippen molar-refractivity contribution in [2.24, 2.45) is 0 Å². The molecular formula is C29H43N5O3Si. The zero-order valence-corrected chi connectivity index (χ0v) is 25.5. The van der Waals surface area contributed by atoms with Gasteiger partial charge in [-0.25, -0.2) is 14.3 Å². The van der Waals surface area contributed by atoms with Crippen LogP contribution < -0.4 is 0 Å². The number of pyridine rings is 1. The first kappa shape index (κ1) is 28.2. The fraction of sp³-hybridized carbons (Fsp3) is 0.586. The molecule has 4 heterocycles. The van der Waals surface area contributed by atoms with Gasteiger partial charge in [0.25, 0.3) is 0 Å².